The van der Waals surface area contributed by atoms with Crippen LogP contribution in [-0.4, -0.2) is 61.0 Å². The highest BCUT2D eigenvalue weighted by atomic mass is 32.2. The van der Waals surface area contributed by atoms with Crippen LogP contribution in [0.5, 0.6) is 0 Å². The maximum absolute atomic E-state index is 13.2. The van der Waals surface area contributed by atoms with Crippen molar-refractivity contribution in [1.29, 1.82) is 0 Å². The first-order chi connectivity index (χ1) is 16.9. The van der Waals surface area contributed by atoms with Crippen LogP contribution in [0.1, 0.15) is 62.1 Å². The number of amides is 1. The maximum atomic E-state index is 13.2. The summed E-state index contributed by atoms with van der Waals surface area (Å²) in [5.74, 6) is 1.87. The molecule has 2 heterocycles. The molecule has 1 aliphatic carbocycles. The Kier molecular flexibility index (Phi) is 7.78. The molecule has 3 N–H and O–H groups in total. The van der Waals surface area contributed by atoms with Crippen LogP contribution in [0.15, 0.2) is 17.1 Å². The van der Waals surface area contributed by atoms with Crippen molar-refractivity contribution in [3.63, 3.8) is 0 Å². The first kappa shape index (κ1) is 27.0. The summed E-state index contributed by atoms with van der Waals surface area (Å²) in [4.78, 5) is 19.5. The van der Waals surface area contributed by atoms with E-state index in [0.29, 0.717) is 38.3 Å². The van der Waals surface area contributed by atoms with E-state index in [1.807, 2.05) is 33.0 Å². The van der Waals surface area contributed by atoms with Gasteiger partial charge >= 0.3 is 0 Å². The number of hydrogen-bond donors (Lipinski definition) is 2. The van der Waals surface area contributed by atoms with Crippen molar-refractivity contribution in [2.75, 3.05) is 30.8 Å². The minimum Gasteiger partial charge on any atom is -0.376 e. The lowest BCUT2D eigenvalue weighted by Gasteiger charge is -2.34. The third-order valence-corrected chi connectivity index (χ3v) is 10.5. The lowest BCUT2D eigenvalue weighted by Crippen LogP contribution is -2.51. The number of thiocarbonyl (C=S) groups is 1. The Labute approximate surface area is 220 Å². The highest BCUT2D eigenvalue weighted by molar-refractivity contribution is 7.89. The number of aliphatic imine (C=N–C) groups is 1. The largest absolute Gasteiger partial charge is 0.376 e. The average molecular weight is 534 g/mol. The number of carbonyl (C=O) groups is 1. The van der Waals surface area contributed by atoms with Gasteiger partial charge in [0.15, 0.2) is 5.11 Å². The molecule has 1 saturated heterocycles. The molecule has 1 spiro atoms. The summed E-state index contributed by atoms with van der Waals surface area (Å²) in [6.45, 7) is 6.89. The van der Waals surface area contributed by atoms with Crippen molar-refractivity contribution in [2.24, 2.45) is 22.6 Å². The van der Waals surface area contributed by atoms with Gasteiger partial charge in [-0.1, -0.05) is 19.8 Å². The normalized spacial score (nSPS) is 24.4. The van der Waals surface area contributed by atoms with Gasteiger partial charge in [0.1, 0.15) is 11.4 Å². The minimum atomic E-state index is -3.46. The van der Waals surface area contributed by atoms with Crippen LogP contribution in [0.25, 0.3) is 0 Å². The van der Waals surface area contributed by atoms with Gasteiger partial charge in [0.25, 0.3) is 5.91 Å². The molecule has 36 heavy (non-hydrogen) atoms. The first-order valence-electron chi connectivity index (χ1n) is 12.9. The Hall–Kier alpha value is -2.04. The third kappa shape index (κ3) is 5.45. The van der Waals surface area contributed by atoms with E-state index in [1.54, 1.807) is 9.21 Å². The molecule has 8 nitrogen and oxygen atoms in total. The molecule has 3 aliphatic rings. The number of nitrogens with zero attached hydrogens (tertiary/aromatic N) is 3. The van der Waals surface area contributed by atoms with Gasteiger partial charge in [-0.05, 0) is 92.9 Å². The van der Waals surface area contributed by atoms with Crippen molar-refractivity contribution in [1.82, 2.24) is 9.62 Å². The van der Waals surface area contributed by atoms with E-state index >= 15 is 0 Å². The van der Waals surface area contributed by atoms with Gasteiger partial charge < -0.3 is 16.0 Å². The average Bonchev–Trinajstić information content (AvgIpc) is 3.13. The highest BCUT2D eigenvalue weighted by Gasteiger charge is 2.48. The number of benzene rings is 1. The zero-order valence-electron chi connectivity index (χ0n) is 21.8. The smallest absolute Gasteiger partial charge is 0.253 e. The van der Waals surface area contributed by atoms with Gasteiger partial charge in [-0.25, -0.2) is 12.7 Å². The van der Waals surface area contributed by atoms with Crippen molar-refractivity contribution < 1.29 is 13.2 Å². The van der Waals surface area contributed by atoms with Gasteiger partial charge in [0.05, 0.1) is 5.75 Å². The van der Waals surface area contributed by atoms with Crippen LogP contribution >= 0.6 is 12.2 Å². The second-order valence-corrected chi connectivity index (χ2v) is 13.4. The molecule has 0 atom stereocenters. The lowest BCUT2D eigenvalue weighted by atomic mass is 9.82. The second-order valence-electron chi connectivity index (χ2n) is 10.9. The van der Waals surface area contributed by atoms with Crippen LogP contribution in [0.2, 0.25) is 0 Å². The van der Waals surface area contributed by atoms with Gasteiger partial charge in [-0.15, -0.1) is 0 Å². The molecule has 10 heteroatoms. The van der Waals surface area contributed by atoms with Gasteiger partial charge in [-0.3, -0.25) is 9.79 Å². The Morgan fingerprint density at radius 2 is 1.78 bits per heavy atom. The number of nitrogens with one attached hydrogen (secondary N) is 1. The number of sulfonamides is 1. The van der Waals surface area contributed by atoms with E-state index in [1.165, 1.54) is 0 Å². The number of piperidine rings is 1. The topological polar surface area (TPSA) is 108 Å². The van der Waals surface area contributed by atoms with Gasteiger partial charge in [-0.2, -0.15) is 0 Å². The number of aryl methyl sites for hydroxylation is 2. The molecule has 198 valence electrons. The molecule has 1 saturated carbocycles. The molecular formula is C26H39N5O3S2. The SMILES string of the molecule is Cc1cc(N(C)C(N)=S)cc(C)c1CCS(=O)(=O)N1CCC2(CC1)N=C([C@H]1CC[C@H](C)CC1)NC2=O. The van der Waals surface area contributed by atoms with Gasteiger partial charge in [0, 0.05) is 31.7 Å². The van der Waals surface area contributed by atoms with Crippen molar-refractivity contribution in [2.45, 2.75) is 71.3 Å². The fourth-order valence-corrected chi connectivity index (χ4v) is 7.35. The van der Waals surface area contributed by atoms with Gasteiger partial charge in [0.2, 0.25) is 10.0 Å². The van der Waals surface area contributed by atoms with E-state index in [4.69, 9.17) is 22.9 Å². The summed E-state index contributed by atoms with van der Waals surface area (Å²) in [6, 6.07) is 3.97. The van der Waals surface area contributed by atoms with Crippen LogP contribution in [-0.2, 0) is 21.2 Å². The van der Waals surface area contributed by atoms with Crippen LogP contribution in [0.3, 0.4) is 0 Å². The molecule has 2 aliphatic heterocycles. The van der Waals surface area contributed by atoms with E-state index in [0.717, 1.165) is 59.8 Å². The maximum Gasteiger partial charge on any atom is 0.253 e. The Bertz CT molecular complexity index is 1140. The van der Waals surface area contributed by atoms with Crippen LogP contribution < -0.4 is 16.0 Å². The predicted molar refractivity (Wildman–Crippen MR) is 149 cm³/mol. The monoisotopic (exact) mass is 533 g/mol. The summed E-state index contributed by atoms with van der Waals surface area (Å²) < 4.78 is 28.0. The summed E-state index contributed by atoms with van der Waals surface area (Å²) in [5.41, 5.74) is 8.89. The molecule has 1 amide bonds. The Morgan fingerprint density at radius 3 is 2.33 bits per heavy atom. The lowest BCUT2D eigenvalue weighted by molar-refractivity contribution is -0.125. The Balaban J connectivity index is 1.39. The standard InChI is InChI=1S/C26H39N5O3S2/c1-17-5-7-20(8-6-17)23-28-24(32)26(29-23)10-12-31(13-11-26)36(33,34)14-9-22-18(2)15-21(16-19(22)3)30(4)25(27)35/h15-17,20H,5-14H2,1-4H3,(H2,27,35)(H,28,29,32)/t17-,20-. The molecule has 0 radical (unpaired) electrons. The number of amidine groups is 1. The molecular weight excluding hydrogens is 494 g/mol. The minimum absolute atomic E-state index is 0.0349. The summed E-state index contributed by atoms with van der Waals surface area (Å²) in [6.07, 6.45) is 5.75. The summed E-state index contributed by atoms with van der Waals surface area (Å²) in [7, 11) is -1.64. The van der Waals surface area contributed by atoms with Crippen molar-refractivity contribution in [3.8, 4) is 0 Å². The molecule has 4 rings (SSSR count). The van der Waals surface area contributed by atoms with Crippen molar-refractivity contribution >= 4 is 44.8 Å². The molecule has 0 bridgehead atoms. The van der Waals surface area contributed by atoms with E-state index < -0.39 is 15.6 Å². The van der Waals surface area contributed by atoms with Crippen LogP contribution in [0.4, 0.5) is 5.69 Å². The first-order valence-corrected chi connectivity index (χ1v) is 15.0. The molecule has 1 aromatic rings. The number of nitrogens with two attached hydrogens (primary N) is 1. The third-order valence-electron chi connectivity index (χ3n) is 8.35. The predicted octanol–water partition coefficient (Wildman–Crippen LogP) is 3.04. The van der Waals surface area contributed by atoms with E-state index in [2.05, 4.69) is 12.2 Å². The highest BCUT2D eigenvalue weighted by Crippen LogP contribution is 2.36. The number of hydrogen-bond acceptors (Lipinski definition) is 5. The number of anilines is 1. The fraction of sp³-hybridized carbons (Fsp3) is 0.654. The van der Waals surface area contributed by atoms with Crippen LogP contribution in [0, 0.1) is 25.7 Å². The zero-order chi connectivity index (χ0) is 26.3. The summed E-state index contributed by atoms with van der Waals surface area (Å²) >= 11 is 5.07. The fourth-order valence-electron chi connectivity index (χ4n) is 5.79. The van der Waals surface area contributed by atoms with Crippen molar-refractivity contribution in [3.05, 3.63) is 28.8 Å². The zero-order valence-corrected chi connectivity index (χ0v) is 23.5. The van der Waals surface area contributed by atoms with E-state index in [-0.39, 0.29) is 16.8 Å². The number of carbonyl (C=O) groups excluding carboxylic acids is 1. The second kappa shape index (κ2) is 10.4. The van der Waals surface area contributed by atoms with E-state index in [9.17, 15) is 13.2 Å². The quantitative estimate of drug-likeness (QED) is 0.544. The molecule has 1 aromatic carbocycles. The molecule has 0 aromatic heterocycles. The Morgan fingerprint density at radius 1 is 1.19 bits per heavy atom. The molecule has 2 fully saturated rings. The number of rotatable bonds is 6. The molecule has 0 unspecified atom stereocenters. The summed E-state index contributed by atoms with van der Waals surface area (Å²) in [5, 5.41) is 3.34.